The number of anilines is 1. The van der Waals surface area contributed by atoms with Crippen molar-refractivity contribution in [1.29, 1.82) is 0 Å². The largest absolute Gasteiger partial charge is 0.363 e. The minimum atomic E-state index is -0.103. The van der Waals surface area contributed by atoms with Crippen molar-refractivity contribution in [3.63, 3.8) is 0 Å². The van der Waals surface area contributed by atoms with Gasteiger partial charge >= 0.3 is 0 Å². The molecule has 0 amide bonds. The minimum Gasteiger partial charge on any atom is -0.363 e. The van der Waals surface area contributed by atoms with Crippen LogP contribution in [0.3, 0.4) is 0 Å². The molecule has 1 aliphatic heterocycles. The van der Waals surface area contributed by atoms with Gasteiger partial charge in [0.2, 0.25) is 0 Å². The third kappa shape index (κ3) is 3.45. The highest BCUT2D eigenvalue weighted by Crippen LogP contribution is 2.43. The lowest BCUT2D eigenvalue weighted by Crippen LogP contribution is -2.18. The number of nitrogens with zero attached hydrogens (tertiary/aromatic N) is 3. The van der Waals surface area contributed by atoms with Crippen LogP contribution in [0.25, 0.3) is 0 Å². The number of aryl methyl sites for hydroxylation is 2. The zero-order valence-corrected chi connectivity index (χ0v) is 17.0. The molecule has 1 fully saturated rings. The number of fused-ring (bicyclic) bond motifs is 1. The van der Waals surface area contributed by atoms with E-state index in [0.717, 1.165) is 48.4 Å². The van der Waals surface area contributed by atoms with Gasteiger partial charge in [-0.25, -0.2) is 0 Å². The van der Waals surface area contributed by atoms with Crippen LogP contribution in [0.2, 0.25) is 0 Å². The van der Waals surface area contributed by atoms with E-state index >= 15 is 0 Å². The zero-order valence-electron chi connectivity index (χ0n) is 17.0. The van der Waals surface area contributed by atoms with Crippen LogP contribution in [0.1, 0.15) is 40.7 Å². The van der Waals surface area contributed by atoms with Crippen LogP contribution in [-0.4, -0.2) is 0 Å². The van der Waals surface area contributed by atoms with Gasteiger partial charge in [0.25, 0.3) is 0 Å². The summed E-state index contributed by atoms with van der Waals surface area (Å²) in [7, 11) is 0. The van der Waals surface area contributed by atoms with E-state index in [4.69, 9.17) is 5.73 Å². The molecule has 1 aliphatic carbocycles. The average Bonchev–Trinajstić information content (AvgIpc) is 3.32. The Balaban J connectivity index is 1.35. The lowest BCUT2D eigenvalue weighted by Gasteiger charge is -2.20. The highest BCUT2D eigenvalue weighted by atomic mass is 15.1. The molecule has 29 heavy (non-hydrogen) atoms. The zero-order chi connectivity index (χ0) is 20.0. The third-order valence-corrected chi connectivity index (χ3v) is 6.18. The quantitative estimate of drug-likeness (QED) is 0.547. The average molecular weight is 383 g/mol. The highest BCUT2D eigenvalue weighted by Gasteiger charge is 2.39. The van der Waals surface area contributed by atoms with Crippen LogP contribution in [-0.2, 0) is 18.6 Å². The normalized spacial score (nSPS) is 17.0. The van der Waals surface area contributed by atoms with Crippen molar-refractivity contribution >= 4 is 17.1 Å². The molecule has 1 saturated carbocycles. The van der Waals surface area contributed by atoms with Gasteiger partial charge in [0.15, 0.2) is 0 Å². The number of hydrogen-bond acceptors (Lipinski definition) is 4. The Bertz CT molecular complexity index is 1050. The Labute approximate surface area is 172 Å². The molecule has 0 saturated heterocycles. The summed E-state index contributed by atoms with van der Waals surface area (Å²) >= 11 is 0. The fraction of sp³-hybridized carbons (Fsp3) is 0.280. The first-order valence-electron chi connectivity index (χ1n) is 10.3. The van der Waals surface area contributed by atoms with Crippen molar-refractivity contribution in [2.45, 2.75) is 45.3 Å². The Morgan fingerprint density at radius 2 is 1.41 bits per heavy atom. The van der Waals surface area contributed by atoms with Gasteiger partial charge < -0.3 is 10.6 Å². The number of azo groups is 1. The summed E-state index contributed by atoms with van der Waals surface area (Å²) in [6, 6.07) is 21.3. The lowest BCUT2D eigenvalue weighted by molar-refractivity contribution is 0.740. The SMILES string of the molecule is Cc1cc(N2Cc3ccccc3C2)cc(C)c1N=Nc1ccc(C2(N)CC2)cc1. The maximum Gasteiger partial charge on any atom is 0.0916 e. The van der Waals surface area contributed by atoms with Gasteiger partial charge in [-0.15, -0.1) is 0 Å². The fourth-order valence-electron chi connectivity index (χ4n) is 4.18. The molecule has 4 heteroatoms. The summed E-state index contributed by atoms with van der Waals surface area (Å²) < 4.78 is 0. The lowest BCUT2D eigenvalue weighted by atomic mass is 10.1. The molecule has 146 valence electrons. The molecule has 0 spiro atoms. The molecule has 5 rings (SSSR count). The molecule has 0 bridgehead atoms. The maximum absolute atomic E-state index is 6.26. The number of rotatable bonds is 4. The van der Waals surface area contributed by atoms with Crippen LogP contribution in [0.4, 0.5) is 17.1 Å². The Kier molecular flexibility index (Phi) is 4.25. The topological polar surface area (TPSA) is 54.0 Å². The first kappa shape index (κ1) is 18.1. The molecular formula is C25H26N4. The van der Waals surface area contributed by atoms with E-state index in [1.54, 1.807) is 0 Å². The number of nitrogens with two attached hydrogens (primary N) is 1. The van der Waals surface area contributed by atoms with E-state index in [1.807, 2.05) is 12.1 Å². The van der Waals surface area contributed by atoms with Crippen LogP contribution < -0.4 is 10.6 Å². The molecule has 2 aliphatic rings. The van der Waals surface area contributed by atoms with Gasteiger partial charge in [-0.2, -0.15) is 10.2 Å². The molecule has 0 unspecified atom stereocenters. The van der Waals surface area contributed by atoms with E-state index in [2.05, 4.69) is 77.5 Å². The molecule has 0 aromatic heterocycles. The van der Waals surface area contributed by atoms with Crippen molar-refractivity contribution in [3.8, 4) is 0 Å². The molecule has 0 atom stereocenters. The van der Waals surface area contributed by atoms with Crippen LogP contribution >= 0.6 is 0 Å². The molecule has 3 aromatic carbocycles. The number of hydrogen-bond donors (Lipinski definition) is 1. The smallest absolute Gasteiger partial charge is 0.0916 e. The van der Waals surface area contributed by atoms with E-state index in [9.17, 15) is 0 Å². The van der Waals surface area contributed by atoms with Gasteiger partial charge in [0, 0.05) is 24.3 Å². The Morgan fingerprint density at radius 3 is 1.97 bits per heavy atom. The molecule has 4 nitrogen and oxygen atoms in total. The van der Waals surface area contributed by atoms with Crippen molar-refractivity contribution in [3.05, 3.63) is 88.5 Å². The summed E-state index contributed by atoms with van der Waals surface area (Å²) in [5.74, 6) is 0. The van der Waals surface area contributed by atoms with E-state index in [0.29, 0.717) is 0 Å². The monoisotopic (exact) mass is 382 g/mol. The fourth-order valence-corrected chi connectivity index (χ4v) is 4.18. The third-order valence-electron chi connectivity index (χ3n) is 6.18. The second-order valence-electron chi connectivity index (χ2n) is 8.46. The van der Waals surface area contributed by atoms with Gasteiger partial charge in [-0.05, 0) is 78.8 Å². The van der Waals surface area contributed by atoms with Gasteiger partial charge in [-0.3, -0.25) is 0 Å². The predicted octanol–water partition coefficient (Wildman–Crippen LogP) is 6.19. The van der Waals surface area contributed by atoms with Crippen LogP contribution in [0.15, 0.2) is 70.9 Å². The van der Waals surface area contributed by atoms with Crippen LogP contribution in [0, 0.1) is 13.8 Å². The maximum atomic E-state index is 6.26. The number of benzene rings is 3. The highest BCUT2D eigenvalue weighted by molar-refractivity contribution is 5.63. The van der Waals surface area contributed by atoms with Crippen LogP contribution in [0.5, 0.6) is 0 Å². The standard InChI is InChI=1S/C25H26N4/c1-17-13-23(29-15-19-5-3-4-6-20(19)16-29)14-18(2)24(17)28-27-22-9-7-21(8-10-22)25(26)11-12-25/h3-10,13-14H,11-12,15-16,26H2,1-2H3. The molecular weight excluding hydrogens is 356 g/mol. The molecule has 3 aromatic rings. The van der Waals surface area contributed by atoms with Gasteiger partial charge in [-0.1, -0.05) is 36.4 Å². The van der Waals surface area contributed by atoms with Crippen molar-refractivity contribution < 1.29 is 0 Å². The molecule has 2 N–H and O–H groups in total. The van der Waals surface area contributed by atoms with Crippen molar-refractivity contribution in [1.82, 2.24) is 0 Å². The van der Waals surface area contributed by atoms with Gasteiger partial charge in [0.05, 0.1) is 11.4 Å². The second-order valence-corrected chi connectivity index (χ2v) is 8.46. The summed E-state index contributed by atoms with van der Waals surface area (Å²) in [6.45, 7) is 6.15. The minimum absolute atomic E-state index is 0.103. The summed E-state index contributed by atoms with van der Waals surface area (Å²) in [5, 5.41) is 9.04. The predicted molar refractivity (Wildman–Crippen MR) is 118 cm³/mol. The second kappa shape index (κ2) is 6.82. The summed E-state index contributed by atoms with van der Waals surface area (Å²) in [6.07, 6.45) is 2.14. The summed E-state index contributed by atoms with van der Waals surface area (Å²) in [5.41, 5.74) is 15.5. The Hall–Kier alpha value is -2.98. The van der Waals surface area contributed by atoms with Crippen molar-refractivity contribution in [2.24, 2.45) is 16.0 Å². The van der Waals surface area contributed by atoms with Crippen molar-refractivity contribution in [2.75, 3.05) is 4.90 Å². The van der Waals surface area contributed by atoms with E-state index in [-0.39, 0.29) is 5.54 Å². The first-order chi connectivity index (χ1) is 14.0. The molecule has 0 radical (unpaired) electrons. The molecule has 1 heterocycles. The van der Waals surface area contributed by atoms with E-state index in [1.165, 1.54) is 22.4 Å². The summed E-state index contributed by atoms with van der Waals surface area (Å²) in [4.78, 5) is 2.42. The van der Waals surface area contributed by atoms with Gasteiger partial charge in [0.1, 0.15) is 0 Å². The van der Waals surface area contributed by atoms with E-state index < -0.39 is 0 Å². The Morgan fingerprint density at radius 1 is 0.828 bits per heavy atom. The first-order valence-corrected chi connectivity index (χ1v) is 10.3.